The Morgan fingerprint density at radius 3 is 2.73 bits per heavy atom. The van der Waals surface area contributed by atoms with Crippen LogP contribution in [-0.2, 0) is 4.74 Å². The van der Waals surface area contributed by atoms with E-state index in [0.29, 0.717) is 31.2 Å². The molecule has 0 aliphatic carbocycles. The second-order valence-electron chi connectivity index (χ2n) is 6.97. The molecule has 0 unspecified atom stereocenters. The lowest BCUT2D eigenvalue weighted by molar-refractivity contribution is 0.0860. The van der Waals surface area contributed by atoms with Gasteiger partial charge in [-0.3, -0.25) is 4.79 Å². The van der Waals surface area contributed by atoms with Crippen LogP contribution in [-0.4, -0.2) is 54.2 Å². The first-order valence-corrected chi connectivity index (χ1v) is 9.42. The summed E-state index contributed by atoms with van der Waals surface area (Å²) >= 11 is 0. The van der Waals surface area contributed by atoms with E-state index in [1.807, 2.05) is 0 Å². The van der Waals surface area contributed by atoms with Crippen molar-refractivity contribution in [1.82, 2.24) is 15.2 Å². The first kappa shape index (κ1) is 20.0. The van der Waals surface area contributed by atoms with E-state index < -0.39 is 0 Å². The number of anilines is 1. The minimum atomic E-state index is -0.275. The molecule has 1 aliphatic rings. The van der Waals surface area contributed by atoms with E-state index in [1.165, 1.54) is 0 Å². The van der Waals surface area contributed by atoms with E-state index in [-0.39, 0.29) is 18.0 Å². The smallest absolute Gasteiger partial charge is 0.409 e. The van der Waals surface area contributed by atoms with Crippen LogP contribution in [0.3, 0.4) is 0 Å². The van der Waals surface area contributed by atoms with E-state index in [0.717, 1.165) is 31.6 Å². The van der Waals surface area contributed by atoms with Gasteiger partial charge < -0.3 is 20.3 Å². The second kappa shape index (κ2) is 9.99. The molecule has 0 atom stereocenters. The van der Waals surface area contributed by atoms with Gasteiger partial charge in [-0.1, -0.05) is 13.8 Å². The molecule has 2 amide bonds. The highest BCUT2D eigenvalue weighted by molar-refractivity contribution is 5.95. The fraction of sp³-hybridized carbons (Fsp3) is 0.632. The summed E-state index contributed by atoms with van der Waals surface area (Å²) in [5.74, 6) is 1.23. The number of carbonyl (C=O) groups is 2. The predicted octanol–water partition coefficient (Wildman–Crippen LogP) is 2.89. The molecule has 1 aromatic rings. The Kier molecular flexibility index (Phi) is 7.69. The van der Waals surface area contributed by atoms with Gasteiger partial charge in [0.05, 0.1) is 6.61 Å². The number of nitrogens with zero attached hydrogens (tertiary/aromatic N) is 2. The number of ether oxygens (including phenoxy) is 1. The highest BCUT2D eigenvalue weighted by Gasteiger charge is 2.24. The first-order chi connectivity index (χ1) is 12.5. The Morgan fingerprint density at radius 1 is 1.35 bits per heavy atom. The molecule has 1 aromatic heterocycles. The van der Waals surface area contributed by atoms with Gasteiger partial charge in [-0.15, -0.1) is 0 Å². The van der Waals surface area contributed by atoms with Crippen molar-refractivity contribution in [1.29, 1.82) is 0 Å². The molecule has 1 fully saturated rings. The maximum atomic E-state index is 12.5. The Bertz CT molecular complexity index is 598. The van der Waals surface area contributed by atoms with Crippen LogP contribution < -0.4 is 10.6 Å². The standard InChI is InChI=1S/C19H30N4O3/c1-4-26-19(25)23-11-7-16(8-12-23)22-18(24)15-6-10-21-17(13-15)20-9-5-14(2)3/h6,10,13-14,16H,4-5,7-9,11-12H2,1-3H3,(H,20,21)(H,22,24). The van der Waals surface area contributed by atoms with Crippen LogP contribution in [0.1, 0.15) is 50.4 Å². The monoisotopic (exact) mass is 362 g/mol. The number of rotatable bonds is 7. The third kappa shape index (κ3) is 6.20. The molecule has 2 heterocycles. The summed E-state index contributed by atoms with van der Waals surface area (Å²) in [6.07, 6.45) is 3.89. The summed E-state index contributed by atoms with van der Waals surface area (Å²) < 4.78 is 5.01. The molecule has 0 spiro atoms. The SMILES string of the molecule is CCOC(=O)N1CCC(NC(=O)c2ccnc(NCCC(C)C)c2)CC1. The zero-order valence-electron chi connectivity index (χ0n) is 16.0. The molecule has 0 radical (unpaired) electrons. The van der Waals surface area contributed by atoms with Crippen molar-refractivity contribution >= 4 is 17.8 Å². The molecule has 7 nitrogen and oxygen atoms in total. The fourth-order valence-corrected chi connectivity index (χ4v) is 2.85. The minimum absolute atomic E-state index is 0.0682. The molecule has 7 heteroatoms. The van der Waals surface area contributed by atoms with Gasteiger partial charge in [0, 0.05) is 37.4 Å². The number of pyridine rings is 1. The number of hydrogen-bond acceptors (Lipinski definition) is 5. The van der Waals surface area contributed by atoms with Crippen LogP contribution in [0.5, 0.6) is 0 Å². The molecule has 26 heavy (non-hydrogen) atoms. The summed E-state index contributed by atoms with van der Waals surface area (Å²) in [5, 5.41) is 6.31. The lowest BCUT2D eigenvalue weighted by Crippen LogP contribution is -2.46. The van der Waals surface area contributed by atoms with Crippen LogP contribution in [0.4, 0.5) is 10.6 Å². The van der Waals surface area contributed by atoms with Crippen molar-refractivity contribution < 1.29 is 14.3 Å². The zero-order valence-corrected chi connectivity index (χ0v) is 16.0. The zero-order chi connectivity index (χ0) is 18.9. The van der Waals surface area contributed by atoms with Crippen molar-refractivity contribution in [2.45, 2.75) is 46.1 Å². The summed E-state index contributed by atoms with van der Waals surface area (Å²) in [5.41, 5.74) is 0.597. The molecule has 2 rings (SSSR count). The van der Waals surface area contributed by atoms with Gasteiger partial charge in [-0.25, -0.2) is 9.78 Å². The average molecular weight is 362 g/mol. The van der Waals surface area contributed by atoms with E-state index in [4.69, 9.17) is 4.74 Å². The molecule has 0 saturated carbocycles. The summed E-state index contributed by atoms with van der Waals surface area (Å²) in [7, 11) is 0. The molecule has 144 valence electrons. The Morgan fingerprint density at radius 2 is 2.08 bits per heavy atom. The number of amides is 2. The van der Waals surface area contributed by atoms with Crippen molar-refractivity contribution in [3.63, 3.8) is 0 Å². The Hall–Kier alpha value is -2.31. The van der Waals surface area contributed by atoms with Crippen LogP contribution in [0, 0.1) is 5.92 Å². The summed E-state index contributed by atoms with van der Waals surface area (Å²) in [4.78, 5) is 30.2. The van der Waals surface area contributed by atoms with Crippen molar-refractivity contribution in [3.8, 4) is 0 Å². The maximum absolute atomic E-state index is 12.5. The molecule has 0 bridgehead atoms. The van der Waals surface area contributed by atoms with Gasteiger partial charge in [-0.2, -0.15) is 0 Å². The summed E-state index contributed by atoms with van der Waals surface area (Å²) in [6, 6.07) is 3.57. The van der Waals surface area contributed by atoms with E-state index in [9.17, 15) is 9.59 Å². The van der Waals surface area contributed by atoms with Gasteiger partial charge >= 0.3 is 6.09 Å². The topological polar surface area (TPSA) is 83.6 Å². The molecular formula is C19H30N4O3. The number of nitrogens with one attached hydrogen (secondary N) is 2. The third-order valence-corrected chi connectivity index (χ3v) is 4.41. The Labute approximate surface area is 155 Å². The molecule has 1 saturated heterocycles. The lowest BCUT2D eigenvalue weighted by atomic mass is 10.0. The van der Waals surface area contributed by atoms with Gasteiger partial charge in [0.15, 0.2) is 0 Å². The molecule has 2 N–H and O–H groups in total. The van der Waals surface area contributed by atoms with Crippen molar-refractivity contribution in [2.75, 3.05) is 31.6 Å². The minimum Gasteiger partial charge on any atom is -0.450 e. The third-order valence-electron chi connectivity index (χ3n) is 4.41. The molecule has 0 aromatic carbocycles. The number of likely N-dealkylation sites (tertiary alicyclic amines) is 1. The number of carbonyl (C=O) groups excluding carboxylic acids is 2. The largest absolute Gasteiger partial charge is 0.450 e. The van der Waals surface area contributed by atoms with Crippen LogP contribution >= 0.6 is 0 Å². The number of hydrogen-bond donors (Lipinski definition) is 2. The van der Waals surface area contributed by atoms with E-state index in [2.05, 4.69) is 29.5 Å². The average Bonchev–Trinajstić information content (AvgIpc) is 2.62. The normalized spacial score (nSPS) is 15.0. The van der Waals surface area contributed by atoms with Gasteiger partial charge in [0.2, 0.25) is 0 Å². The van der Waals surface area contributed by atoms with Gasteiger partial charge in [0.25, 0.3) is 5.91 Å². The Balaban J connectivity index is 1.82. The number of aromatic nitrogens is 1. The van der Waals surface area contributed by atoms with Crippen molar-refractivity contribution in [2.24, 2.45) is 5.92 Å². The quantitative estimate of drug-likeness (QED) is 0.779. The molecular weight excluding hydrogens is 332 g/mol. The fourth-order valence-electron chi connectivity index (χ4n) is 2.85. The maximum Gasteiger partial charge on any atom is 0.409 e. The highest BCUT2D eigenvalue weighted by Crippen LogP contribution is 2.13. The first-order valence-electron chi connectivity index (χ1n) is 9.42. The molecule has 1 aliphatic heterocycles. The lowest BCUT2D eigenvalue weighted by Gasteiger charge is -2.31. The van der Waals surface area contributed by atoms with E-state index in [1.54, 1.807) is 30.2 Å². The van der Waals surface area contributed by atoms with Crippen LogP contribution in [0.25, 0.3) is 0 Å². The van der Waals surface area contributed by atoms with E-state index >= 15 is 0 Å². The number of piperidine rings is 1. The van der Waals surface area contributed by atoms with Gasteiger partial charge in [0.1, 0.15) is 5.82 Å². The highest BCUT2D eigenvalue weighted by atomic mass is 16.6. The van der Waals surface area contributed by atoms with Crippen LogP contribution in [0.2, 0.25) is 0 Å². The summed E-state index contributed by atoms with van der Waals surface area (Å²) in [6.45, 7) is 8.56. The van der Waals surface area contributed by atoms with Crippen LogP contribution in [0.15, 0.2) is 18.3 Å². The predicted molar refractivity (Wildman–Crippen MR) is 101 cm³/mol. The second-order valence-corrected chi connectivity index (χ2v) is 6.97. The van der Waals surface area contributed by atoms with Crippen molar-refractivity contribution in [3.05, 3.63) is 23.9 Å². The van der Waals surface area contributed by atoms with Gasteiger partial charge in [-0.05, 0) is 44.2 Å².